The van der Waals surface area contributed by atoms with Crippen molar-refractivity contribution in [3.05, 3.63) is 0 Å². The van der Waals surface area contributed by atoms with Crippen molar-refractivity contribution >= 4 is 11.9 Å². The van der Waals surface area contributed by atoms with Gasteiger partial charge in [-0.05, 0) is 12.8 Å². The molecule has 0 aliphatic carbocycles. The van der Waals surface area contributed by atoms with Crippen LogP contribution in [0.15, 0.2) is 0 Å². The number of cyclic esters (lactones) is 2. The van der Waals surface area contributed by atoms with Crippen LogP contribution in [0.25, 0.3) is 0 Å². The first kappa shape index (κ1) is 9.15. The van der Waals surface area contributed by atoms with E-state index in [-0.39, 0.29) is 36.4 Å². The Balaban J connectivity index is 1.66. The van der Waals surface area contributed by atoms with Gasteiger partial charge in [0.05, 0.1) is 6.10 Å². The van der Waals surface area contributed by atoms with E-state index in [0.717, 1.165) is 12.8 Å². The van der Waals surface area contributed by atoms with E-state index in [0.29, 0.717) is 12.8 Å². The van der Waals surface area contributed by atoms with Crippen LogP contribution in [-0.2, 0) is 23.8 Å². The van der Waals surface area contributed by atoms with E-state index < -0.39 is 0 Å². The molecule has 5 nitrogen and oxygen atoms in total. The summed E-state index contributed by atoms with van der Waals surface area (Å²) in [6, 6.07) is 0. The molecule has 3 saturated heterocycles. The van der Waals surface area contributed by atoms with E-state index in [2.05, 4.69) is 0 Å². The molecule has 15 heavy (non-hydrogen) atoms. The third-order valence-corrected chi connectivity index (χ3v) is 3.11. The van der Waals surface area contributed by atoms with Gasteiger partial charge in [0.2, 0.25) is 0 Å². The van der Waals surface area contributed by atoms with Crippen molar-refractivity contribution in [2.24, 2.45) is 0 Å². The lowest BCUT2D eigenvalue weighted by Crippen LogP contribution is -2.42. The Morgan fingerprint density at radius 1 is 1.07 bits per heavy atom. The highest BCUT2D eigenvalue weighted by molar-refractivity contribution is 5.79. The Labute approximate surface area is 86.7 Å². The Bertz CT molecular complexity index is 313. The first-order chi connectivity index (χ1) is 7.24. The molecule has 0 aromatic rings. The van der Waals surface area contributed by atoms with Crippen molar-refractivity contribution in [1.29, 1.82) is 0 Å². The van der Waals surface area contributed by atoms with E-state index in [1.807, 2.05) is 0 Å². The zero-order valence-electron chi connectivity index (χ0n) is 8.18. The number of carbonyl (C=O) groups is 2. The Hall–Kier alpha value is -1.10. The Morgan fingerprint density at radius 3 is 2.67 bits per heavy atom. The van der Waals surface area contributed by atoms with E-state index >= 15 is 0 Å². The smallest absolute Gasteiger partial charge is 0.338 e. The molecule has 0 amide bonds. The van der Waals surface area contributed by atoms with Gasteiger partial charge in [-0.1, -0.05) is 0 Å². The van der Waals surface area contributed by atoms with Gasteiger partial charge in [-0.25, -0.2) is 4.79 Å². The van der Waals surface area contributed by atoms with Crippen molar-refractivity contribution in [3.63, 3.8) is 0 Å². The second-order valence-corrected chi connectivity index (χ2v) is 4.23. The molecule has 0 aromatic heterocycles. The maximum Gasteiger partial charge on any atom is 0.338 e. The number of rotatable bonds is 1. The Kier molecular flexibility index (Phi) is 1.95. The second kappa shape index (κ2) is 3.20. The Morgan fingerprint density at radius 2 is 1.93 bits per heavy atom. The first-order valence-corrected chi connectivity index (χ1v) is 5.29. The fourth-order valence-electron chi connectivity index (χ4n) is 2.25. The number of epoxide rings is 1. The molecule has 4 atom stereocenters. The molecule has 4 unspecified atom stereocenters. The van der Waals surface area contributed by atoms with Crippen LogP contribution in [0.4, 0.5) is 0 Å². The molecule has 0 N–H and O–H groups in total. The van der Waals surface area contributed by atoms with E-state index in [1.54, 1.807) is 0 Å². The summed E-state index contributed by atoms with van der Waals surface area (Å²) in [5.74, 6) is -0.501. The predicted octanol–water partition coefficient (Wildman–Crippen LogP) is 0.165. The number of hydrogen-bond donors (Lipinski definition) is 0. The van der Waals surface area contributed by atoms with Gasteiger partial charge in [0.25, 0.3) is 0 Å². The predicted molar refractivity (Wildman–Crippen MR) is 46.9 cm³/mol. The standard InChI is InChI=1S/C10H12O5/c11-8-3-1-2-5(13-8)6-4-7-9(14-7)10(12)15-6/h5-7,9H,1-4H2. The van der Waals surface area contributed by atoms with E-state index in [4.69, 9.17) is 14.2 Å². The molecule has 0 spiro atoms. The molecule has 3 fully saturated rings. The average molecular weight is 212 g/mol. The van der Waals surface area contributed by atoms with Gasteiger partial charge in [0, 0.05) is 12.8 Å². The van der Waals surface area contributed by atoms with Crippen LogP contribution >= 0.6 is 0 Å². The number of ether oxygens (including phenoxy) is 3. The molecule has 3 rings (SSSR count). The van der Waals surface area contributed by atoms with Crippen molar-refractivity contribution < 1.29 is 23.8 Å². The van der Waals surface area contributed by atoms with Crippen LogP contribution in [0.1, 0.15) is 25.7 Å². The topological polar surface area (TPSA) is 65.1 Å². The maximum atomic E-state index is 11.3. The van der Waals surface area contributed by atoms with E-state index in [1.165, 1.54) is 0 Å². The summed E-state index contributed by atoms with van der Waals surface area (Å²) in [6.07, 6.45) is 1.81. The van der Waals surface area contributed by atoms with Crippen LogP contribution in [-0.4, -0.2) is 36.4 Å². The summed E-state index contributed by atoms with van der Waals surface area (Å²) in [7, 11) is 0. The fraction of sp³-hybridized carbons (Fsp3) is 0.800. The lowest BCUT2D eigenvalue weighted by atomic mass is 9.98. The SMILES string of the molecule is O=C1CCCC(C2CC3OC3C(=O)O2)O1. The van der Waals surface area contributed by atoms with Gasteiger partial charge in [0.1, 0.15) is 12.2 Å². The summed E-state index contributed by atoms with van der Waals surface area (Å²) >= 11 is 0. The second-order valence-electron chi connectivity index (χ2n) is 4.23. The van der Waals surface area contributed by atoms with Crippen molar-refractivity contribution in [2.45, 2.75) is 50.1 Å². The summed E-state index contributed by atoms with van der Waals surface area (Å²) in [5, 5.41) is 0. The zero-order valence-corrected chi connectivity index (χ0v) is 8.18. The van der Waals surface area contributed by atoms with Gasteiger partial charge >= 0.3 is 11.9 Å². The van der Waals surface area contributed by atoms with Gasteiger partial charge < -0.3 is 14.2 Å². The summed E-state index contributed by atoms with van der Waals surface area (Å²) in [4.78, 5) is 22.4. The number of fused-ring (bicyclic) bond motifs is 1. The minimum Gasteiger partial charge on any atom is -0.458 e. The molecule has 3 aliphatic rings. The first-order valence-electron chi connectivity index (χ1n) is 5.29. The molecule has 0 radical (unpaired) electrons. The number of esters is 2. The highest BCUT2D eigenvalue weighted by Crippen LogP contribution is 2.36. The van der Waals surface area contributed by atoms with Gasteiger partial charge in [0.15, 0.2) is 6.10 Å². The molecule has 3 heterocycles. The zero-order chi connectivity index (χ0) is 10.4. The molecule has 3 aliphatic heterocycles. The number of hydrogen-bond acceptors (Lipinski definition) is 5. The number of carbonyl (C=O) groups excluding carboxylic acids is 2. The van der Waals surface area contributed by atoms with Gasteiger partial charge in [-0.15, -0.1) is 0 Å². The van der Waals surface area contributed by atoms with Crippen molar-refractivity contribution in [1.82, 2.24) is 0 Å². The molecule has 0 aromatic carbocycles. The summed E-state index contributed by atoms with van der Waals surface area (Å²) in [6.45, 7) is 0. The van der Waals surface area contributed by atoms with Crippen LogP contribution in [0.2, 0.25) is 0 Å². The minimum atomic E-state index is -0.347. The van der Waals surface area contributed by atoms with Crippen LogP contribution in [0.5, 0.6) is 0 Å². The van der Waals surface area contributed by atoms with E-state index in [9.17, 15) is 9.59 Å². The molecule has 82 valence electrons. The maximum absolute atomic E-state index is 11.3. The molecule has 0 saturated carbocycles. The normalized spacial score (nSPS) is 44.0. The van der Waals surface area contributed by atoms with Crippen molar-refractivity contribution in [2.75, 3.05) is 0 Å². The van der Waals surface area contributed by atoms with Crippen LogP contribution in [0, 0.1) is 0 Å². The fourth-order valence-corrected chi connectivity index (χ4v) is 2.25. The monoisotopic (exact) mass is 212 g/mol. The third kappa shape index (κ3) is 1.61. The quantitative estimate of drug-likeness (QED) is 0.457. The summed E-state index contributed by atoms with van der Waals surface area (Å²) in [5.41, 5.74) is 0. The van der Waals surface area contributed by atoms with Crippen molar-refractivity contribution in [3.8, 4) is 0 Å². The highest BCUT2D eigenvalue weighted by Gasteiger charge is 2.54. The van der Waals surface area contributed by atoms with Crippen LogP contribution in [0.3, 0.4) is 0 Å². The average Bonchev–Trinajstić information content (AvgIpc) is 2.97. The third-order valence-electron chi connectivity index (χ3n) is 3.11. The lowest BCUT2D eigenvalue weighted by molar-refractivity contribution is -0.175. The lowest BCUT2D eigenvalue weighted by Gasteiger charge is -2.30. The minimum absolute atomic E-state index is 0.00289. The molecular weight excluding hydrogens is 200 g/mol. The molecular formula is C10H12O5. The summed E-state index contributed by atoms with van der Waals surface area (Å²) < 4.78 is 15.5. The highest BCUT2D eigenvalue weighted by atomic mass is 16.7. The van der Waals surface area contributed by atoms with Gasteiger partial charge in [-0.3, -0.25) is 4.79 Å². The molecule has 0 bridgehead atoms. The van der Waals surface area contributed by atoms with Crippen LogP contribution < -0.4 is 0 Å². The van der Waals surface area contributed by atoms with Gasteiger partial charge in [-0.2, -0.15) is 0 Å². The largest absolute Gasteiger partial charge is 0.458 e. The molecule has 5 heteroatoms.